The fourth-order valence-electron chi connectivity index (χ4n) is 3.36. The van der Waals surface area contributed by atoms with E-state index in [4.69, 9.17) is 0 Å². The highest BCUT2D eigenvalue weighted by Crippen LogP contribution is 2.25. The average Bonchev–Trinajstić information content (AvgIpc) is 2.76. The third kappa shape index (κ3) is 5.95. The third-order valence-corrected chi connectivity index (χ3v) is 7.93. The number of carbonyl (C=O) groups is 1. The first-order chi connectivity index (χ1) is 15.9. The van der Waals surface area contributed by atoms with Crippen molar-refractivity contribution < 1.29 is 21.6 Å². The van der Waals surface area contributed by atoms with Gasteiger partial charge in [-0.1, -0.05) is 24.3 Å². The van der Waals surface area contributed by atoms with Gasteiger partial charge in [-0.2, -0.15) is 0 Å². The Kier molecular flexibility index (Phi) is 7.32. The molecule has 0 saturated heterocycles. The number of nitrogens with one attached hydrogen (secondary N) is 2. The van der Waals surface area contributed by atoms with Crippen molar-refractivity contribution in [3.8, 4) is 0 Å². The summed E-state index contributed by atoms with van der Waals surface area (Å²) in [6.07, 6.45) is 1.05. The maximum atomic E-state index is 12.9. The maximum absolute atomic E-state index is 12.9. The quantitative estimate of drug-likeness (QED) is 0.486. The van der Waals surface area contributed by atoms with Gasteiger partial charge in [0.2, 0.25) is 15.9 Å². The summed E-state index contributed by atoms with van der Waals surface area (Å²) in [7, 11) is -7.56. The monoisotopic (exact) mass is 501 g/mol. The first kappa shape index (κ1) is 25.3. The zero-order valence-corrected chi connectivity index (χ0v) is 20.9. The first-order valence-corrected chi connectivity index (χ1v) is 13.8. The fraction of sp³-hybridized carbons (Fsp3) is 0.208. The molecule has 3 aromatic carbocycles. The van der Waals surface area contributed by atoms with Crippen molar-refractivity contribution in [2.75, 3.05) is 20.6 Å². The normalized spacial score (nSPS) is 12.6. The lowest BCUT2D eigenvalue weighted by molar-refractivity contribution is -0.116. The Morgan fingerprint density at radius 2 is 1.44 bits per heavy atom. The molecule has 0 saturated carbocycles. The minimum absolute atomic E-state index is 0.0234. The highest BCUT2D eigenvalue weighted by Gasteiger charge is 2.29. The minimum Gasteiger partial charge on any atom is -0.324 e. The largest absolute Gasteiger partial charge is 0.324 e. The van der Waals surface area contributed by atoms with Crippen LogP contribution in [0, 0.1) is 13.8 Å². The third-order valence-electron chi connectivity index (χ3n) is 5.29. The van der Waals surface area contributed by atoms with Gasteiger partial charge in [0, 0.05) is 11.4 Å². The van der Waals surface area contributed by atoms with Gasteiger partial charge in [-0.25, -0.2) is 16.8 Å². The Morgan fingerprint density at radius 3 is 2.00 bits per heavy atom. The molecule has 1 atom stereocenters. The second-order valence-corrected chi connectivity index (χ2v) is 11.5. The van der Waals surface area contributed by atoms with Crippen molar-refractivity contribution in [3.63, 3.8) is 0 Å². The molecule has 2 N–H and O–H groups in total. The van der Waals surface area contributed by atoms with Crippen LogP contribution in [0.1, 0.15) is 18.1 Å². The predicted molar refractivity (Wildman–Crippen MR) is 135 cm³/mol. The standard InChI is InChI=1S/C24H27N3O5S2/c1-17-10-13-22(16-18(17)2)27(33(4,29)30)19(3)24(28)25-20-11-14-23(15-12-20)34(31,32)26-21-8-6-5-7-9-21/h5-16,19,26H,1-4H3,(H,25,28)/t19-/m0/s1. The number of nitrogens with zero attached hydrogens (tertiary/aromatic N) is 1. The van der Waals surface area contributed by atoms with Crippen molar-refractivity contribution in [3.05, 3.63) is 83.9 Å². The van der Waals surface area contributed by atoms with Crippen molar-refractivity contribution in [2.45, 2.75) is 31.7 Å². The second-order valence-electron chi connectivity index (χ2n) is 7.99. The number of rotatable bonds is 8. The molecule has 1 amide bonds. The van der Waals surface area contributed by atoms with E-state index < -0.39 is 32.0 Å². The molecule has 0 aromatic heterocycles. The number of para-hydroxylation sites is 1. The van der Waals surface area contributed by atoms with Gasteiger partial charge in [0.05, 0.1) is 16.8 Å². The molecule has 10 heteroatoms. The van der Waals surface area contributed by atoms with Gasteiger partial charge in [0.15, 0.2) is 0 Å². The van der Waals surface area contributed by atoms with Gasteiger partial charge < -0.3 is 5.32 Å². The number of benzene rings is 3. The lowest BCUT2D eigenvalue weighted by Gasteiger charge is -2.28. The molecule has 0 aliphatic heterocycles. The number of amides is 1. The molecule has 34 heavy (non-hydrogen) atoms. The highest BCUT2D eigenvalue weighted by atomic mass is 32.2. The van der Waals surface area contributed by atoms with Crippen molar-refractivity contribution in [1.29, 1.82) is 0 Å². The number of hydrogen-bond acceptors (Lipinski definition) is 5. The van der Waals surface area contributed by atoms with E-state index in [0.29, 0.717) is 17.1 Å². The van der Waals surface area contributed by atoms with Crippen LogP contribution in [0.3, 0.4) is 0 Å². The van der Waals surface area contributed by atoms with Crippen molar-refractivity contribution in [2.24, 2.45) is 0 Å². The van der Waals surface area contributed by atoms with Gasteiger partial charge in [-0.3, -0.25) is 13.8 Å². The Balaban J connectivity index is 1.78. The molecular formula is C24H27N3O5S2. The van der Waals surface area contributed by atoms with E-state index in [1.165, 1.54) is 31.2 Å². The SMILES string of the molecule is Cc1ccc(N([C@@H](C)C(=O)Nc2ccc(S(=O)(=O)Nc3ccccc3)cc2)S(C)(=O)=O)cc1C. The fourth-order valence-corrected chi connectivity index (χ4v) is 5.58. The minimum atomic E-state index is -3.80. The van der Waals surface area contributed by atoms with E-state index in [-0.39, 0.29) is 4.90 Å². The number of carbonyl (C=O) groups excluding carboxylic acids is 1. The van der Waals surface area contributed by atoms with Crippen molar-refractivity contribution in [1.82, 2.24) is 0 Å². The summed E-state index contributed by atoms with van der Waals surface area (Å²) in [5.41, 5.74) is 3.07. The lowest BCUT2D eigenvalue weighted by atomic mass is 10.1. The number of hydrogen-bond donors (Lipinski definition) is 2. The zero-order chi connectivity index (χ0) is 25.1. The van der Waals surface area contributed by atoms with Crippen LogP contribution in [-0.4, -0.2) is 35.0 Å². The average molecular weight is 502 g/mol. The molecule has 0 unspecified atom stereocenters. The summed E-state index contributed by atoms with van der Waals surface area (Å²) in [5, 5.41) is 2.66. The molecular weight excluding hydrogens is 474 g/mol. The van der Waals surface area contributed by atoms with E-state index >= 15 is 0 Å². The van der Waals surface area contributed by atoms with Gasteiger partial charge in [0.1, 0.15) is 6.04 Å². The van der Waals surface area contributed by atoms with Crippen LogP contribution >= 0.6 is 0 Å². The summed E-state index contributed by atoms with van der Waals surface area (Å²) >= 11 is 0. The summed E-state index contributed by atoms with van der Waals surface area (Å²) in [5.74, 6) is -0.554. The zero-order valence-electron chi connectivity index (χ0n) is 19.3. The molecule has 0 bridgehead atoms. The molecule has 180 valence electrons. The summed E-state index contributed by atoms with van der Waals surface area (Å²) < 4.78 is 53.7. The molecule has 0 radical (unpaired) electrons. The van der Waals surface area contributed by atoms with Gasteiger partial charge in [-0.15, -0.1) is 0 Å². The van der Waals surface area contributed by atoms with Crippen LogP contribution in [0.2, 0.25) is 0 Å². The molecule has 3 rings (SSSR count). The molecule has 8 nitrogen and oxygen atoms in total. The summed E-state index contributed by atoms with van der Waals surface area (Å²) in [4.78, 5) is 12.9. The highest BCUT2D eigenvalue weighted by molar-refractivity contribution is 7.92. The van der Waals surface area contributed by atoms with E-state index in [1.807, 2.05) is 13.8 Å². The predicted octanol–water partition coefficient (Wildman–Crippen LogP) is 3.90. The smallest absolute Gasteiger partial charge is 0.261 e. The van der Waals surface area contributed by atoms with E-state index in [0.717, 1.165) is 21.7 Å². The van der Waals surface area contributed by atoms with Gasteiger partial charge in [-0.05, 0) is 80.4 Å². The Labute approximate surface area is 200 Å². The van der Waals surface area contributed by atoms with Crippen LogP contribution in [0.15, 0.2) is 77.7 Å². The van der Waals surface area contributed by atoms with Crippen LogP contribution in [-0.2, 0) is 24.8 Å². The van der Waals surface area contributed by atoms with Gasteiger partial charge >= 0.3 is 0 Å². The van der Waals surface area contributed by atoms with E-state index in [1.54, 1.807) is 48.5 Å². The Bertz CT molecular complexity index is 1390. The number of aryl methyl sites for hydroxylation is 2. The molecule has 0 fully saturated rings. The van der Waals surface area contributed by atoms with Crippen LogP contribution < -0.4 is 14.3 Å². The van der Waals surface area contributed by atoms with Gasteiger partial charge in [0.25, 0.3) is 10.0 Å². The van der Waals surface area contributed by atoms with Crippen molar-refractivity contribution >= 4 is 43.0 Å². The first-order valence-electron chi connectivity index (χ1n) is 10.4. The molecule has 0 heterocycles. The van der Waals surface area contributed by atoms with E-state index in [9.17, 15) is 21.6 Å². The molecule has 0 spiro atoms. The summed E-state index contributed by atoms with van der Waals surface area (Å²) in [6, 6.07) is 18.3. The maximum Gasteiger partial charge on any atom is 0.261 e. The summed E-state index contributed by atoms with van der Waals surface area (Å²) in [6.45, 7) is 5.28. The molecule has 0 aliphatic carbocycles. The lowest BCUT2D eigenvalue weighted by Crippen LogP contribution is -2.45. The van der Waals surface area contributed by atoms with Crippen LogP contribution in [0.25, 0.3) is 0 Å². The Morgan fingerprint density at radius 1 is 0.824 bits per heavy atom. The molecule has 0 aliphatic rings. The Hall–Kier alpha value is -3.37. The van der Waals surface area contributed by atoms with Crippen LogP contribution in [0.5, 0.6) is 0 Å². The second kappa shape index (κ2) is 9.86. The molecule has 3 aromatic rings. The number of anilines is 3. The van der Waals surface area contributed by atoms with E-state index in [2.05, 4.69) is 10.0 Å². The van der Waals surface area contributed by atoms with Crippen LogP contribution in [0.4, 0.5) is 17.1 Å². The topological polar surface area (TPSA) is 113 Å². The number of sulfonamides is 2.